The highest BCUT2D eigenvalue weighted by Gasteiger charge is 2.25. The molecule has 0 heterocycles. The van der Waals surface area contributed by atoms with Crippen molar-refractivity contribution in [3.8, 4) is 0 Å². The number of nitrogens with zero attached hydrogens (tertiary/aromatic N) is 1. The Hall–Kier alpha value is -1.67. The van der Waals surface area contributed by atoms with Gasteiger partial charge in [0.25, 0.3) is 0 Å². The summed E-state index contributed by atoms with van der Waals surface area (Å²) in [5.74, 6) is -2.59. The molecule has 0 saturated heterocycles. The Morgan fingerprint density at radius 2 is 1.61 bits per heavy atom. The molecule has 0 radical (unpaired) electrons. The summed E-state index contributed by atoms with van der Waals surface area (Å²) in [5.41, 5.74) is 0. The Labute approximate surface area is 136 Å². The van der Waals surface area contributed by atoms with Gasteiger partial charge in [0.1, 0.15) is 6.54 Å². The number of ether oxygens (including phenoxy) is 1. The molecule has 0 aromatic heterocycles. The van der Waals surface area contributed by atoms with Gasteiger partial charge in [-0.1, -0.05) is 6.42 Å². The van der Waals surface area contributed by atoms with E-state index in [1.807, 2.05) is 21.1 Å². The summed E-state index contributed by atoms with van der Waals surface area (Å²) in [6.45, 7) is 0.354. The molecule has 3 N–H and O–H groups in total. The number of hydrogen-bond donors (Lipinski definition) is 3. The number of esters is 1. The maximum absolute atomic E-state index is 11.8. The number of hydrogen-bond acceptors (Lipinski definition) is 5. The van der Waals surface area contributed by atoms with E-state index in [1.54, 1.807) is 0 Å². The molecule has 134 valence electrons. The van der Waals surface area contributed by atoms with Crippen LogP contribution in [0.25, 0.3) is 0 Å². The first kappa shape index (κ1) is 21.3. The van der Waals surface area contributed by atoms with Gasteiger partial charge in [-0.05, 0) is 12.8 Å². The zero-order valence-corrected chi connectivity index (χ0v) is 14.0. The van der Waals surface area contributed by atoms with Crippen LogP contribution in [0.4, 0.5) is 0 Å². The molecule has 0 aliphatic rings. The standard InChI is InChI=1S/C15H27NO7/c1-16(2,3)10-12(9-14(20)21)23-15(22)8-11(17)6-4-5-7-13(18)19/h11-12,17H,4-10H2,1-3H3,(H-,18,19,20,21)/p+1. The van der Waals surface area contributed by atoms with Gasteiger partial charge in [-0.3, -0.25) is 14.4 Å². The van der Waals surface area contributed by atoms with Crippen molar-refractivity contribution in [3.63, 3.8) is 0 Å². The Morgan fingerprint density at radius 3 is 2.09 bits per heavy atom. The number of quaternary nitrogens is 1. The van der Waals surface area contributed by atoms with Gasteiger partial charge in [-0.25, -0.2) is 0 Å². The molecule has 0 spiro atoms. The third-order valence-electron chi connectivity index (χ3n) is 3.03. The molecule has 0 aromatic carbocycles. The van der Waals surface area contributed by atoms with Crippen molar-refractivity contribution >= 4 is 17.9 Å². The monoisotopic (exact) mass is 334 g/mol. The Balaban J connectivity index is 4.24. The fourth-order valence-corrected chi connectivity index (χ4v) is 2.13. The van der Waals surface area contributed by atoms with E-state index >= 15 is 0 Å². The SMILES string of the molecule is C[N+](C)(C)CC(CC(=O)O)OC(=O)CC(O)CCCCC(=O)O. The van der Waals surface area contributed by atoms with Crippen molar-refractivity contribution in [1.29, 1.82) is 0 Å². The van der Waals surface area contributed by atoms with E-state index in [-0.39, 0.29) is 19.3 Å². The van der Waals surface area contributed by atoms with Crippen molar-refractivity contribution in [1.82, 2.24) is 0 Å². The number of carbonyl (C=O) groups is 3. The predicted octanol–water partition coefficient (Wildman–Crippen LogP) is 0.475. The summed E-state index contributed by atoms with van der Waals surface area (Å²) in [4.78, 5) is 33.0. The molecular formula is C15H28NO7+. The first-order valence-electron chi connectivity index (χ1n) is 7.61. The number of aliphatic hydroxyl groups is 1. The zero-order chi connectivity index (χ0) is 18.0. The van der Waals surface area contributed by atoms with Gasteiger partial charge < -0.3 is 24.5 Å². The maximum atomic E-state index is 11.8. The molecule has 0 aromatic rings. The molecule has 8 heteroatoms. The van der Waals surface area contributed by atoms with Crippen LogP contribution in [0, 0.1) is 0 Å². The number of likely N-dealkylation sites (N-methyl/N-ethyl adjacent to an activating group) is 1. The number of rotatable bonds is 12. The van der Waals surface area contributed by atoms with E-state index in [1.165, 1.54) is 0 Å². The van der Waals surface area contributed by atoms with Crippen LogP contribution in [-0.4, -0.2) is 77.6 Å². The minimum Gasteiger partial charge on any atom is -0.481 e. The van der Waals surface area contributed by atoms with E-state index in [0.717, 1.165) is 0 Å². The maximum Gasteiger partial charge on any atom is 0.308 e. The lowest BCUT2D eigenvalue weighted by Crippen LogP contribution is -2.44. The summed E-state index contributed by atoms with van der Waals surface area (Å²) in [6, 6.07) is 0. The number of aliphatic carboxylic acids is 2. The van der Waals surface area contributed by atoms with Crippen LogP contribution in [0.5, 0.6) is 0 Å². The van der Waals surface area contributed by atoms with E-state index < -0.39 is 30.1 Å². The number of carboxylic acids is 2. The minimum absolute atomic E-state index is 0.0291. The first-order chi connectivity index (χ1) is 10.5. The lowest BCUT2D eigenvalue weighted by atomic mass is 10.1. The van der Waals surface area contributed by atoms with Crippen molar-refractivity contribution in [3.05, 3.63) is 0 Å². The lowest BCUT2D eigenvalue weighted by Gasteiger charge is -2.28. The van der Waals surface area contributed by atoms with Crippen molar-refractivity contribution in [2.75, 3.05) is 27.7 Å². The highest BCUT2D eigenvalue weighted by Crippen LogP contribution is 2.11. The van der Waals surface area contributed by atoms with E-state index in [0.29, 0.717) is 30.3 Å². The summed E-state index contributed by atoms with van der Waals surface area (Å²) in [6.07, 6.45) is -0.896. The minimum atomic E-state index is -1.05. The molecular weight excluding hydrogens is 306 g/mol. The van der Waals surface area contributed by atoms with Crippen molar-refractivity contribution in [2.45, 2.75) is 50.7 Å². The smallest absolute Gasteiger partial charge is 0.308 e. The average Bonchev–Trinajstić information content (AvgIpc) is 2.30. The highest BCUT2D eigenvalue weighted by atomic mass is 16.5. The van der Waals surface area contributed by atoms with Gasteiger partial charge in [-0.2, -0.15) is 0 Å². The van der Waals surface area contributed by atoms with Gasteiger partial charge in [0.2, 0.25) is 0 Å². The number of carbonyl (C=O) groups excluding carboxylic acids is 1. The molecule has 0 bridgehead atoms. The highest BCUT2D eigenvalue weighted by molar-refractivity contribution is 5.72. The van der Waals surface area contributed by atoms with Crippen LogP contribution in [0.2, 0.25) is 0 Å². The molecule has 0 aliphatic heterocycles. The summed E-state index contributed by atoms with van der Waals surface area (Å²) >= 11 is 0. The van der Waals surface area contributed by atoms with Crippen molar-refractivity contribution < 1.29 is 38.9 Å². The number of aliphatic hydroxyl groups excluding tert-OH is 1. The molecule has 0 saturated carbocycles. The van der Waals surface area contributed by atoms with E-state index in [4.69, 9.17) is 14.9 Å². The van der Waals surface area contributed by atoms with Crippen LogP contribution >= 0.6 is 0 Å². The molecule has 0 fully saturated rings. The Kier molecular flexibility index (Phi) is 9.43. The zero-order valence-electron chi connectivity index (χ0n) is 14.0. The topological polar surface area (TPSA) is 121 Å². The Bertz CT molecular complexity index is 403. The molecule has 0 rings (SSSR count). The van der Waals surface area contributed by atoms with Crippen LogP contribution < -0.4 is 0 Å². The summed E-state index contributed by atoms with van der Waals surface area (Å²) in [5, 5.41) is 27.1. The summed E-state index contributed by atoms with van der Waals surface area (Å²) in [7, 11) is 5.58. The third-order valence-corrected chi connectivity index (χ3v) is 3.03. The van der Waals surface area contributed by atoms with Crippen molar-refractivity contribution in [2.24, 2.45) is 0 Å². The quantitative estimate of drug-likeness (QED) is 0.269. The second-order valence-electron chi connectivity index (χ2n) is 6.68. The first-order valence-corrected chi connectivity index (χ1v) is 7.61. The molecule has 2 unspecified atom stereocenters. The van der Waals surface area contributed by atoms with Gasteiger partial charge in [0.15, 0.2) is 6.10 Å². The van der Waals surface area contributed by atoms with Crippen LogP contribution in [0.15, 0.2) is 0 Å². The number of unbranched alkanes of at least 4 members (excludes halogenated alkanes) is 1. The molecule has 8 nitrogen and oxygen atoms in total. The molecule has 0 aliphatic carbocycles. The molecule has 2 atom stereocenters. The second kappa shape index (κ2) is 10.2. The Morgan fingerprint density at radius 1 is 1.00 bits per heavy atom. The summed E-state index contributed by atoms with van der Waals surface area (Å²) < 4.78 is 5.61. The lowest BCUT2D eigenvalue weighted by molar-refractivity contribution is -0.873. The van der Waals surface area contributed by atoms with Gasteiger partial charge in [0.05, 0.1) is 40.1 Å². The molecule has 23 heavy (non-hydrogen) atoms. The second-order valence-corrected chi connectivity index (χ2v) is 6.68. The van der Waals surface area contributed by atoms with E-state index in [9.17, 15) is 19.5 Å². The van der Waals surface area contributed by atoms with Crippen LogP contribution in [-0.2, 0) is 19.1 Å². The largest absolute Gasteiger partial charge is 0.481 e. The average molecular weight is 334 g/mol. The number of carboxylic acid groups (broad SMARTS) is 2. The molecule has 0 amide bonds. The van der Waals surface area contributed by atoms with E-state index in [2.05, 4.69) is 0 Å². The van der Waals surface area contributed by atoms with Crippen LogP contribution in [0.3, 0.4) is 0 Å². The third kappa shape index (κ3) is 13.7. The normalized spacial score (nSPS) is 14.1. The van der Waals surface area contributed by atoms with Gasteiger partial charge in [-0.15, -0.1) is 0 Å². The van der Waals surface area contributed by atoms with Gasteiger partial charge in [0, 0.05) is 6.42 Å². The fraction of sp³-hybridized carbons (Fsp3) is 0.800. The van der Waals surface area contributed by atoms with Crippen LogP contribution in [0.1, 0.15) is 38.5 Å². The van der Waals surface area contributed by atoms with Gasteiger partial charge >= 0.3 is 17.9 Å². The predicted molar refractivity (Wildman–Crippen MR) is 81.8 cm³/mol. The fourth-order valence-electron chi connectivity index (χ4n) is 2.13.